The van der Waals surface area contributed by atoms with Crippen LogP contribution in [0.25, 0.3) is 0 Å². The SMILES string of the molecule is CCCCCCCCCCCCCCCCCCc1n(CCCCCCCCCC)cc[n+]1CCCCCCCCCCCCCC. The molecule has 1 aromatic heterocycles. The summed E-state index contributed by atoms with van der Waals surface area (Å²) < 4.78 is 5.29. The molecule has 1 heterocycles. The van der Waals surface area contributed by atoms with Crippen LogP contribution in [-0.4, -0.2) is 4.57 Å². The molecule has 0 aliphatic carbocycles. The van der Waals surface area contributed by atoms with Gasteiger partial charge in [0.25, 0.3) is 5.82 Å². The normalized spacial score (nSPS) is 11.6. The van der Waals surface area contributed by atoms with Gasteiger partial charge in [-0.2, -0.15) is 0 Å². The fourth-order valence-corrected chi connectivity index (χ4v) is 7.56. The highest BCUT2D eigenvalue weighted by molar-refractivity contribution is 4.84. The third-order valence-electron chi connectivity index (χ3n) is 10.8. The molecule has 0 saturated carbocycles. The van der Waals surface area contributed by atoms with E-state index in [0.29, 0.717) is 0 Å². The van der Waals surface area contributed by atoms with Crippen LogP contribution in [0.15, 0.2) is 12.4 Å². The molecule has 0 aliphatic heterocycles. The summed E-state index contributed by atoms with van der Waals surface area (Å²) in [4.78, 5) is 0. The third kappa shape index (κ3) is 28.7. The molecule has 0 atom stereocenters. The van der Waals surface area contributed by atoms with E-state index >= 15 is 0 Å². The Labute approximate surface area is 298 Å². The number of aromatic nitrogens is 2. The summed E-state index contributed by atoms with van der Waals surface area (Å²) in [7, 11) is 0. The number of imidazole rings is 1. The van der Waals surface area contributed by atoms with Crippen molar-refractivity contribution in [1.29, 1.82) is 0 Å². The zero-order valence-corrected chi connectivity index (χ0v) is 33.1. The predicted octanol–water partition coefficient (Wildman–Crippen LogP) is 15.4. The van der Waals surface area contributed by atoms with Gasteiger partial charge in [-0.05, 0) is 32.1 Å². The molecular weight excluding hydrogens is 569 g/mol. The molecule has 1 rings (SSSR count). The Bertz CT molecular complexity index is 722. The zero-order chi connectivity index (χ0) is 33.7. The van der Waals surface area contributed by atoms with Crippen molar-refractivity contribution in [2.75, 3.05) is 0 Å². The second-order valence-electron chi connectivity index (χ2n) is 15.5. The maximum absolute atomic E-state index is 2.65. The van der Waals surface area contributed by atoms with Gasteiger partial charge < -0.3 is 0 Å². The molecule has 2 nitrogen and oxygen atoms in total. The topological polar surface area (TPSA) is 8.81 Å². The molecule has 0 aromatic carbocycles. The highest BCUT2D eigenvalue weighted by atomic mass is 15.1. The molecule has 0 N–H and O–H groups in total. The van der Waals surface area contributed by atoms with Crippen molar-refractivity contribution in [2.24, 2.45) is 0 Å². The second-order valence-corrected chi connectivity index (χ2v) is 15.5. The minimum Gasteiger partial charge on any atom is -0.234 e. The number of hydrogen-bond donors (Lipinski definition) is 0. The van der Waals surface area contributed by atoms with Crippen LogP contribution in [-0.2, 0) is 19.5 Å². The first-order valence-corrected chi connectivity index (χ1v) is 22.4. The van der Waals surface area contributed by atoms with Gasteiger partial charge in [0.1, 0.15) is 12.4 Å². The Kier molecular flexibility index (Phi) is 34.3. The lowest BCUT2D eigenvalue weighted by molar-refractivity contribution is -0.704. The van der Waals surface area contributed by atoms with Crippen LogP contribution >= 0.6 is 0 Å². The minimum absolute atomic E-state index is 1.23. The zero-order valence-electron chi connectivity index (χ0n) is 33.1. The van der Waals surface area contributed by atoms with Gasteiger partial charge in [-0.3, -0.25) is 0 Å². The molecule has 0 radical (unpaired) electrons. The number of aryl methyl sites for hydroxylation is 2. The van der Waals surface area contributed by atoms with Crippen molar-refractivity contribution in [1.82, 2.24) is 4.57 Å². The monoisotopic (exact) mass is 658 g/mol. The van der Waals surface area contributed by atoms with Gasteiger partial charge in [-0.15, -0.1) is 0 Å². The molecule has 278 valence electrons. The molecule has 0 unspecified atom stereocenters. The molecule has 1 aromatic rings. The lowest BCUT2D eigenvalue weighted by atomic mass is 10.0. The van der Waals surface area contributed by atoms with Crippen molar-refractivity contribution >= 4 is 0 Å². The Balaban J connectivity index is 2.24. The van der Waals surface area contributed by atoms with Crippen LogP contribution in [0.4, 0.5) is 0 Å². The first-order valence-electron chi connectivity index (χ1n) is 22.4. The molecule has 0 spiro atoms. The van der Waals surface area contributed by atoms with E-state index in [1.165, 1.54) is 251 Å². The fourth-order valence-electron chi connectivity index (χ4n) is 7.56. The van der Waals surface area contributed by atoms with E-state index in [4.69, 9.17) is 0 Å². The number of hydrogen-bond acceptors (Lipinski definition) is 0. The maximum atomic E-state index is 2.65. The van der Waals surface area contributed by atoms with Crippen LogP contribution in [0.3, 0.4) is 0 Å². The van der Waals surface area contributed by atoms with E-state index in [2.05, 4.69) is 42.3 Å². The van der Waals surface area contributed by atoms with Crippen molar-refractivity contribution in [3.8, 4) is 0 Å². The highest BCUT2D eigenvalue weighted by Gasteiger charge is 2.16. The van der Waals surface area contributed by atoms with Crippen molar-refractivity contribution in [3.05, 3.63) is 18.2 Å². The van der Waals surface area contributed by atoms with E-state index in [1.54, 1.807) is 5.82 Å². The summed E-state index contributed by atoms with van der Waals surface area (Å²) >= 11 is 0. The Morgan fingerprint density at radius 1 is 0.362 bits per heavy atom. The summed E-state index contributed by atoms with van der Waals surface area (Å²) in [6, 6.07) is 0. The standard InChI is InChI=1S/C45H89N2/c1-4-7-10-13-16-19-21-23-24-25-26-27-29-31-34-37-40-45-46(41-38-35-32-18-15-12-9-6-3)43-44-47(45)42-39-36-33-30-28-22-20-17-14-11-8-5-2/h43-44H,4-42H2,1-3H3/q+1. The van der Waals surface area contributed by atoms with Crippen LogP contribution in [0.2, 0.25) is 0 Å². The Morgan fingerprint density at radius 3 is 1.02 bits per heavy atom. The van der Waals surface area contributed by atoms with Gasteiger partial charge in [-0.25, -0.2) is 9.13 Å². The smallest absolute Gasteiger partial charge is 0.234 e. The third-order valence-corrected chi connectivity index (χ3v) is 10.8. The fraction of sp³-hybridized carbons (Fsp3) is 0.933. The van der Waals surface area contributed by atoms with Gasteiger partial charge >= 0.3 is 0 Å². The van der Waals surface area contributed by atoms with E-state index in [1.807, 2.05) is 0 Å². The number of rotatable bonds is 39. The maximum Gasteiger partial charge on any atom is 0.256 e. The van der Waals surface area contributed by atoms with Gasteiger partial charge in [0.15, 0.2) is 0 Å². The van der Waals surface area contributed by atoms with Crippen molar-refractivity contribution in [3.63, 3.8) is 0 Å². The molecule has 0 saturated heterocycles. The summed E-state index contributed by atoms with van der Waals surface area (Å²) in [5, 5.41) is 0. The van der Waals surface area contributed by atoms with E-state index in [0.717, 1.165) is 0 Å². The van der Waals surface area contributed by atoms with Gasteiger partial charge in [0, 0.05) is 6.42 Å². The summed E-state index contributed by atoms with van der Waals surface area (Å²) in [6.45, 7) is 9.41. The average Bonchev–Trinajstić information content (AvgIpc) is 3.47. The first-order chi connectivity index (χ1) is 23.3. The number of unbranched alkanes of at least 4 members (excludes halogenated alkanes) is 33. The minimum atomic E-state index is 1.23. The molecule has 0 bridgehead atoms. The van der Waals surface area contributed by atoms with Crippen LogP contribution in [0.1, 0.15) is 258 Å². The Morgan fingerprint density at radius 2 is 0.660 bits per heavy atom. The molecule has 2 heteroatoms. The van der Waals surface area contributed by atoms with Gasteiger partial charge in [0.2, 0.25) is 0 Å². The van der Waals surface area contributed by atoms with E-state index < -0.39 is 0 Å². The quantitative estimate of drug-likeness (QED) is 0.0492. The van der Waals surface area contributed by atoms with E-state index in [-0.39, 0.29) is 0 Å². The second kappa shape index (κ2) is 36.5. The molecule has 0 amide bonds. The first kappa shape index (κ1) is 44.2. The summed E-state index contributed by atoms with van der Waals surface area (Å²) in [5.41, 5.74) is 0. The van der Waals surface area contributed by atoms with Crippen LogP contribution in [0, 0.1) is 0 Å². The highest BCUT2D eigenvalue weighted by Crippen LogP contribution is 2.16. The van der Waals surface area contributed by atoms with Gasteiger partial charge in [-0.1, -0.05) is 220 Å². The molecule has 47 heavy (non-hydrogen) atoms. The molecule has 0 aliphatic rings. The van der Waals surface area contributed by atoms with Gasteiger partial charge in [0.05, 0.1) is 13.1 Å². The number of nitrogens with zero attached hydrogens (tertiary/aromatic N) is 2. The summed E-state index contributed by atoms with van der Waals surface area (Å²) in [6.07, 6.45) is 57.8. The lowest BCUT2D eigenvalue weighted by Crippen LogP contribution is -2.37. The predicted molar refractivity (Wildman–Crippen MR) is 212 cm³/mol. The van der Waals surface area contributed by atoms with Crippen molar-refractivity contribution in [2.45, 2.75) is 271 Å². The van der Waals surface area contributed by atoms with Crippen LogP contribution in [0.5, 0.6) is 0 Å². The Hall–Kier alpha value is -0.790. The molecular formula is C45H89N2+. The van der Waals surface area contributed by atoms with E-state index in [9.17, 15) is 0 Å². The van der Waals surface area contributed by atoms with Crippen LogP contribution < -0.4 is 4.57 Å². The lowest BCUT2D eigenvalue weighted by Gasteiger charge is -2.07. The largest absolute Gasteiger partial charge is 0.256 e. The van der Waals surface area contributed by atoms with Crippen molar-refractivity contribution < 1.29 is 4.57 Å². The average molecular weight is 658 g/mol. The summed E-state index contributed by atoms with van der Waals surface area (Å²) in [5.74, 6) is 1.63. The molecule has 0 fully saturated rings.